The second-order valence-corrected chi connectivity index (χ2v) is 13.0. The van der Waals surface area contributed by atoms with Crippen molar-refractivity contribution in [2.75, 3.05) is 4.72 Å². The van der Waals surface area contributed by atoms with Crippen molar-refractivity contribution in [3.63, 3.8) is 0 Å². The Morgan fingerprint density at radius 3 is 2.51 bits per heavy atom. The number of rotatable bonds is 9. The Hall–Kier alpha value is -1.76. The number of fused-ring (bicyclic) bond motifs is 5. The van der Waals surface area contributed by atoms with E-state index in [4.69, 9.17) is 0 Å². The van der Waals surface area contributed by atoms with Crippen molar-refractivity contribution < 1.29 is 45.1 Å². The Labute approximate surface area is 225 Å². The van der Waals surface area contributed by atoms with E-state index in [0.717, 1.165) is 17.5 Å². The number of halogens is 5. The number of nitrogens with one attached hydrogen (secondary N) is 1. The van der Waals surface area contributed by atoms with Crippen molar-refractivity contribution in [3.8, 4) is 0 Å². The van der Waals surface area contributed by atoms with Crippen LogP contribution >= 0.6 is 0 Å². The van der Waals surface area contributed by atoms with E-state index < -0.39 is 46.4 Å². The molecule has 6 nitrogen and oxygen atoms in total. The summed E-state index contributed by atoms with van der Waals surface area (Å²) in [6.45, 7) is 6.25. The highest BCUT2D eigenvalue weighted by atomic mass is 32.2. The van der Waals surface area contributed by atoms with Gasteiger partial charge in [-0.15, -0.1) is 6.58 Å². The highest BCUT2D eigenvalue weighted by Crippen LogP contribution is 2.69. The van der Waals surface area contributed by atoms with E-state index in [-0.39, 0.29) is 35.3 Å². The lowest BCUT2D eigenvalue weighted by Crippen LogP contribution is -2.54. The minimum absolute atomic E-state index is 0.0239. The van der Waals surface area contributed by atoms with Gasteiger partial charge in [0.1, 0.15) is 6.10 Å². The maximum Gasteiger partial charge on any atom is 0.456 e. The van der Waals surface area contributed by atoms with Crippen LogP contribution < -0.4 is 4.72 Å². The maximum absolute atomic E-state index is 13.5. The topological polar surface area (TPSA) is 107 Å². The van der Waals surface area contributed by atoms with Crippen LogP contribution in [0.3, 0.4) is 0 Å². The van der Waals surface area contributed by atoms with Crippen molar-refractivity contribution in [2.45, 2.75) is 94.9 Å². The lowest BCUT2D eigenvalue weighted by Gasteiger charge is -2.60. The van der Waals surface area contributed by atoms with Crippen molar-refractivity contribution >= 4 is 16.0 Å². The normalized spacial score (nSPS) is 33.6. The fourth-order valence-electron chi connectivity index (χ4n) is 8.03. The third-order valence-electron chi connectivity index (χ3n) is 9.72. The minimum atomic E-state index is -5.82. The molecule has 0 aliphatic heterocycles. The Morgan fingerprint density at radius 1 is 1.21 bits per heavy atom. The van der Waals surface area contributed by atoms with E-state index in [1.54, 1.807) is 12.1 Å². The summed E-state index contributed by atoms with van der Waals surface area (Å²) in [4.78, 5) is 0. The molecule has 1 aromatic rings. The first-order valence-electron chi connectivity index (χ1n) is 13.3. The standard InChI is InChI=1S/C27H36F5NO5S/c1-3-25-13-12-16-14-18(33-39(36,37)38)8-9-19(16)23(25)17(15-24(2)20(25)10-11-21(24)34)6-4-5-7-22(35)26(28,29)27(30,31)32/h3,8-9,14,17,20-23,33-35H,1,4-7,10-13,15H2,2H3,(H,36,37,38)/t17-,20?,21-,22-,23?,24-,25?/m0/s1. The average molecular weight is 582 g/mol. The second kappa shape index (κ2) is 10.3. The molecule has 2 fully saturated rings. The molecular formula is C27H36F5NO5S. The van der Waals surface area contributed by atoms with Crippen LogP contribution in [-0.2, 0) is 16.7 Å². The molecule has 0 heterocycles. The molecule has 3 unspecified atom stereocenters. The lowest BCUT2D eigenvalue weighted by atomic mass is 9.44. The van der Waals surface area contributed by atoms with Gasteiger partial charge in [-0.05, 0) is 96.8 Å². The molecule has 0 amide bonds. The van der Waals surface area contributed by atoms with Gasteiger partial charge in [0.25, 0.3) is 0 Å². The summed E-state index contributed by atoms with van der Waals surface area (Å²) in [5.41, 5.74) is 1.30. The fraction of sp³-hybridized carbons (Fsp3) is 0.704. The first-order chi connectivity index (χ1) is 18.0. The number of anilines is 1. The molecule has 7 atom stereocenters. The molecule has 2 saturated carbocycles. The van der Waals surface area contributed by atoms with Crippen molar-refractivity contribution in [2.24, 2.45) is 22.7 Å². The average Bonchev–Trinajstić information content (AvgIpc) is 3.13. The zero-order valence-corrected chi connectivity index (χ0v) is 22.5. The summed E-state index contributed by atoms with van der Waals surface area (Å²) in [6, 6.07) is 5.06. The number of aryl methyl sites for hydroxylation is 1. The molecule has 4 rings (SSSR count). The third kappa shape index (κ3) is 5.34. The van der Waals surface area contributed by atoms with Crippen molar-refractivity contribution in [1.82, 2.24) is 0 Å². The quantitative estimate of drug-likeness (QED) is 0.124. The molecular weight excluding hydrogens is 545 g/mol. The van der Waals surface area contributed by atoms with Gasteiger partial charge in [-0.1, -0.05) is 31.9 Å². The van der Waals surface area contributed by atoms with Gasteiger partial charge < -0.3 is 10.2 Å². The number of benzene rings is 1. The summed E-state index contributed by atoms with van der Waals surface area (Å²) in [6.07, 6.45) is -3.73. The number of hydrogen-bond donors (Lipinski definition) is 4. The first-order valence-corrected chi connectivity index (χ1v) is 14.7. The number of aliphatic hydroxyl groups is 2. The van der Waals surface area contributed by atoms with Gasteiger partial charge in [0.05, 0.1) is 11.8 Å². The van der Waals surface area contributed by atoms with Crippen LogP contribution in [0.15, 0.2) is 30.9 Å². The van der Waals surface area contributed by atoms with Crippen LogP contribution in [0, 0.1) is 22.7 Å². The van der Waals surface area contributed by atoms with E-state index in [9.17, 15) is 45.1 Å². The predicted molar refractivity (Wildman–Crippen MR) is 136 cm³/mol. The van der Waals surface area contributed by atoms with Gasteiger partial charge in [-0.25, -0.2) is 0 Å². The van der Waals surface area contributed by atoms with E-state index in [2.05, 4.69) is 18.2 Å². The minimum Gasteiger partial charge on any atom is -0.393 e. The van der Waals surface area contributed by atoms with E-state index in [0.29, 0.717) is 38.5 Å². The lowest BCUT2D eigenvalue weighted by molar-refractivity contribution is -0.313. The van der Waals surface area contributed by atoms with Crippen LogP contribution in [0.25, 0.3) is 0 Å². The van der Waals surface area contributed by atoms with Crippen molar-refractivity contribution in [3.05, 3.63) is 42.0 Å². The Balaban J connectivity index is 1.62. The number of unbranched alkanes of at least 4 members (excludes halogenated alkanes) is 1. The largest absolute Gasteiger partial charge is 0.456 e. The molecule has 39 heavy (non-hydrogen) atoms. The summed E-state index contributed by atoms with van der Waals surface area (Å²) in [5.74, 6) is -5.18. The van der Waals surface area contributed by atoms with E-state index in [1.807, 2.05) is 12.1 Å². The van der Waals surface area contributed by atoms with Gasteiger partial charge in [0, 0.05) is 0 Å². The molecule has 220 valence electrons. The van der Waals surface area contributed by atoms with Gasteiger partial charge in [0.2, 0.25) is 0 Å². The summed E-state index contributed by atoms with van der Waals surface area (Å²) >= 11 is 0. The van der Waals surface area contributed by atoms with E-state index >= 15 is 0 Å². The van der Waals surface area contributed by atoms with Crippen LogP contribution in [0.5, 0.6) is 0 Å². The molecule has 3 aliphatic carbocycles. The van der Waals surface area contributed by atoms with Crippen molar-refractivity contribution in [1.29, 1.82) is 0 Å². The Kier molecular flexibility index (Phi) is 7.94. The van der Waals surface area contributed by atoms with Crippen LogP contribution in [-0.4, -0.2) is 47.5 Å². The fourth-order valence-corrected chi connectivity index (χ4v) is 8.46. The van der Waals surface area contributed by atoms with Gasteiger partial charge in [-0.3, -0.25) is 9.27 Å². The smallest absolute Gasteiger partial charge is 0.393 e. The highest BCUT2D eigenvalue weighted by molar-refractivity contribution is 7.87. The second-order valence-electron chi connectivity index (χ2n) is 11.8. The molecule has 1 aromatic carbocycles. The molecule has 3 aliphatic rings. The number of hydrogen-bond acceptors (Lipinski definition) is 4. The van der Waals surface area contributed by atoms with Crippen LogP contribution in [0.2, 0.25) is 0 Å². The zero-order chi connectivity index (χ0) is 29.0. The van der Waals surface area contributed by atoms with Gasteiger partial charge in [-0.2, -0.15) is 30.4 Å². The van der Waals surface area contributed by atoms with Crippen LogP contribution in [0.4, 0.5) is 27.6 Å². The number of alkyl halides is 5. The molecule has 0 radical (unpaired) electrons. The molecule has 12 heteroatoms. The zero-order valence-electron chi connectivity index (χ0n) is 21.7. The monoisotopic (exact) mass is 581 g/mol. The molecule has 0 saturated heterocycles. The van der Waals surface area contributed by atoms with Gasteiger partial charge >= 0.3 is 22.4 Å². The summed E-state index contributed by atoms with van der Waals surface area (Å²) < 4.78 is 98.8. The van der Waals surface area contributed by atoms with Gasteiger partial charge in [0.15, 0.2) is 0 Å². The SMILES string of the molecule is C=CC12CCc3cc(NS(=O)(=O)O)ccc3C1[C@@H](CCCC[C@H](O)C(F)(F)C(F)(F)F)C[C@@]1(C)C2CC[C@@H]1O. The predicted octanol–water partition coefficient (Wildman–Crippen LogP) is 6.02. The molecule has 0 spiro atoms. The maximum atomic E-state index is 13.5. The van der Waals surface area contributed by atoms with E-state index in [1.165, 1.54) is 0 Å². The first kappa shape index (κ1) is 30.2. The summed E-state index contributed by atoms with van der Waals surface area (Å²) in [7, 11) is -4.46. The Morgan fingerprint density at radius 2 is 1.90 bits per heavy atom. The van der Waals surface area contributed by atoms with Crippen LogP contribution in [0.1, 0.15) is 75.3 Å². The molecule has 0 bridgehead atoms. The molecule has 0 aromatic heterocycles. The summed E-state index contributed by atoms with van der Waals surface area (Å²) in [5, 5.41) is 20.6. The number of aliphatic hydroxyl groups excluding tert-OH is 2. The molecule has 4 N–H and O–H groups in total. The Bertz CT molecular complexity index is 1190. The number of allylic oxidation sites excluding steroid dienone is 1. The highest BCUT2D eigenvalue weighted by Gasteiger charge is 2.64. The third-order valence-corrected chi connectivity index (χ3v) is 10.2.